The highest BCUT2D eigenvalue weighted by molar-refractivity contribution is 7.89. The highest BCUT2D eigenvalue weighted by atomic mass is 35.5. The van der Waals surface area contributed by atoms with Gasteiger partial charge in [0.05, 0.1) is 15.5 Å². The number of hydrogen-bond acceptors (Lipinski definition) is 5. The SMILES string of the molecule is Cc1ccc(S(=O)(=O)N(C)C)cc1NC(=O)C(C)OC(=O)c1cc(Cl)ccc1Cl. The third-order valence-corrected chi connectivity index (χ3v) is 6.42. The van der Waals surface area contributed by atoms with Crippen LogP contribution in [0.4, 0.5) is 5.69 Å². The van der Waals surface area contributed by atoms with Gasteiger partial charge in [-0.2, -0.15) is 0 Å². The third kappa shape index (κ3) is 5.48. The van der Waals surface area contributed by atoms with E-state index in [1.165, 1.54) is 51.4 Å². The maximum atomic E-state index is 12.5. The highest BCUT2D eigenvalue weighted by Gasteiger charge is 2.23. The molecular formula is C19H20Cl2N2O5S. The Morgan fingerprint density at radius 2 is 1.76 bits per heavy atom. The molecule has 0 saturated carbocycles. The first-order valence-corrected chi connectivity index (χ1v) is 10.6. The summed E-state index contributed by atoms with van der Waals surface area (Å²) in [5, 5.41) is 3.03. The predicted molar refractivity (Wildman–Crippen MR) is 112 cm³/mol. The quantitative estimate of drug-likeness (QED) is 0.665. The summed E-state index contributed by atoms with van der Waals surface area (Å²) in [6.07, 6.45) is -1.16. The Kier molecular flexibility index (Phi) is 7.29. The van der Waals surface area contributed by atoms with E-state index in [2.05, 4.69) is 5.32 Å². The first-order chi connectivity index (χ1) is 13.4. The van der Waals surface area contributed by atoms with Gasteiger partial charge in [0.25, 0.3) is 5.91 Å². The maximum Gasteiger partial charge on any atom is 0.340 e. The van der Waals surface area contributed by atoms with Gasteiger partial charge >= 0.3 is 5.97 Å². The van der Waals surface area contributed by atoms with Crippen LogP contribution in [0.3, 0.4) is 0 Å². The van der Waals surface area contributed by atoms with Gasteiger partial charge in [-0.25, -0.2) is 17.5 Å². The summed E-state index contributed by atoms with van der Waals surface area (Å²) >= 11 is 11.8. The van der Waals surface area contributed by atoms with Crippen molar-refractivity contribution in [1.29, 1.82) is 0 Å². The number of anilines is 1. The molecule has 1 unspecified atom stereocenters. The Hall–Kier alpha value is -2.13. The molecule has 0 heterocycles. The van der Waals surface area contributed by atoms with Crippen LogP contribution < -0.4 is 5.32 Å². The molecule has 7 nitrogen and oxygen atoms in total. The molecule has 0 saturated heterocycles. The van der Waals surface area contributed by atoms with E-state index in [0.717, 1.165) is 4.31 Å². The van der Waals surface area contributed by atoms with Crippen LogP contribution in [0.15, 0.2) is 41.3 Å². The van der Waals surface area contributed by atoms with Crippen molar-refractivity contribution in [3.8, 4) is 0 Å². The molecule has 1 N–H and O–H groups in total. The summed E-state index contributed by atoms with van der Waals surface area (Å²) in [6.45, 7) is 3.10. The molecule has 0 aliphatic rings. The summed E-state index contributed by atoms with van der Waals surface area (Å²) in [5.74, 6) is -1.43. The zero-order valence-corrected chi connectivity index (χ0v) is 18.5. The molecular weight excluding hydrogens is 439 g/mol. The normalized spacial score (nSPS) is 12.5. The van der Waals surface area contributed by atoms with E-state index < -0.39 is 28.0 Å². The number of carbonyl (C=O) groups excluding carboxylic acids is 2. The largest absolute Gasteiger partial charge is 0.449 e. The minimum atomic E-state index is -3.67. The molecule has 0 aromatic heterocycles. The van der Waals surface area contributed by atoms with Crippen LogP contribution >= 0.6 is 23.2 Å². The Labute approximate surface area is 179 Å². The van der Waals surface area contributed by atoms with Gasteiger partial charge in [-0.3, -0.25) is 4.79 Å². The molecule has 0 aliphatic heterocycles. The number of sulfonamides is 1. The number of benzene rings is 2. The van der Waals surface area contributed by atoms with Crippen LogP contribution in [0.2, 0.25) is 10.0 Å². The number of halogens is 2. The second-order valence-corrected chi connectivity index (χ2v) is 9.42. The van der Waals surface area contributed by atoms with Gasteiger partial charge in [-0.05, 0) is 49.7 Å². The molecule has 0 aliphatic carbocycles. The molecule has 2 aromatic carbocycles. The third-order valence-electron chi connectivity index (χ3n) is 4.05. The number of aryl methyl sites for hydroxylation is 1. The smallest absolute Gasteiger partial charge is 0.340 e. The van der Waals surface area contributed by atoms with Gasteiger partial charge in [0.1, 0.15) is 0 Å². The molecule has 1 amide bonds. The number of ether oxygens (including phenoxy) is 1. The monoisotopic (exact) mass is 458 g/mol. The number of rotatable bonds is 6. The van der Waals surface area contributed by atoms with Crippen molar-refractivity contribution in [3.63, 3.8) is 0 Å². The van der Waals surface area contributed by atoms with Crippen molar-refractivity contribution in [2.45, 2.75) is 24.8 Å². The minimum Gasteiger partial charge on any atom is -0.449 e. The fraction of sp³-hybridized carbons (Fsp3) is 0.263. The van der Waals surface area contributed by atoms with Gasteiger partial charge in [0.2, 0.25) is 10.0 Å². The molecule has 156 valence electrons. The zero-order valence-electron chi connectivity index (χ0n) is 16.2. The number of nitrogens with one attached hydrogen (secondary N) is 1. The average Bonchev–Trinajstić information content (AvgIpc) is 2.64. The van der Waals surface area contributed by atoms with Gasteiger partial charge < -0.3 is 10.1 Å². The maximum absolute atomic E-state index is 12.5. The van der Waals surface area contributed by atoms with Crippen LogP contribution in [0, 0.1) is 6.92 Å². The van der Waals surface area contributed by atoms with Crippen molar-refractivity contribution in [2.75, 3.05) is 19.4 Å². The first-order valence-electron chi connectivity index (χ1n) is 8.43. The van der Waals surface area contributed by atoms with E-state index in [1.807, 2.05) is 0 Å². The van der Waals surface area contributed by atoms with Crippen molar-refractivity contribution in [3.05, 3.63) is 57.6 Å². The van der Waals surface area contributed by atoms with E-state index >= 15 is 0 Å². The Bertz CT molecular complexity index is 1050. The van der Waals surface area contributed by atoms with Crippen LogP contribution in [0.1, 0.15) is 22.8 Å². The number of amides is 1. The summed E-state index contributed by atoms with van der Waals surface area (Å²) in [4.78, 5) is 24.8. The summed E-state index contributed by atoms with van der Waals surface area (Å²) in [7, 11) is -0.841. The standard InChI is InChI=1S/C19H20Cl2N2O5S/c1-11-5-7-14(29(26,27)23(3)4)10-17(11)22-18(24)12(2)28-19(25)15-9-13(20)6-8-16(15)21/h5-10,12H,1-4H3,(H,22,24). The van der Waals surface area contributed by atoms with Gasteiger partial charge in [0, 0.05) is 24.8 Å². The van der Waals surface area contributed by atoms with E-state index in [0.29, 0.717) is 16.3 Å². The Morgan fingerprint density at radius 1 is 1.10 bits per heavy atom. The number of carbonyl (C=O) groups is 2. The lowest BCUT2D eigenvalue weighted by Gasteiger charge is -2.17. The number of nitrogens with zero attached hydrogens (tertiary/aromatic N) is 1. The second-order valence-electron chi connectivity index (χ2n) is 6.43. The molecule has 10 heteroatoms. The van der Waals surface area contributed by atoms with Crippen LogP contribution in [-0.2, 0) is 19.6 Å². The number of esters is 1. The Morgan fingerprint density at radius 3 is 2.38 bits per heavy atom. The lowest BCUT2D eigenvalue weighted by Crippen LogP contribution is -2.30. The van der Waals surface area contributed by atoms with Gasteiger partial charge in [0.15, 0.2) is 6.10 Å². The molecule has 0 bridgehead atoms. The summed E-state index contributed by atoms with van der Waals surface area (Å²) < 4.78 is 30.8. The van der Waals surface area contributed by atoms with Crippen LogP contribution in [0.25, 0.3) is 0 Å². The lowest BCUT2D eigenvalue weighted by molar-refractivity contribution is -0.123. The van der Waals surface area contributed by atoms with Crippen molar-refractivity contribution in [2.24, 2.45) is 0 Å². The fourth-order valence-corrected chi connectivity index (χ4v) is 3.57. The molecule has 29 heavy (non-hydrogen) atoms. The first kappa shape index (κ1) is 23.2. The van der Waals surface area contributed by atoms with Crippen LogP contribution in [0.5, 0.6) is 0 Å². The predicted octanol–water partition coefficient (Wildman–Crippen LogP) is 3.74. The topological polar surface area (TPSA) is 92.8 Å². The van der Waals surface area contributed by atoms with E-state index in [9.17, 15) is 18.0 Å². The van der Waals surface area contributed by atoms with Gasteiger partial charge in [-0.1, -0.05) is 29.3 Å². The molecule has 0 fully saturated rings. The summed E-state index contributed by atoms with van der Waals surface area (Å²) in [6, 6.07) is 8.69. The van der Waals surface area contributed by atoms with Crippen molar-refractivity contribution < 1.29 is 22.7 Å². The second kappa shape index (κ2) is 9.13. The molecule has 0 spiro atoms. The molecule has 2 rings (SSSR count). The summed E-state index contributed by atoms with van der Waals surface area (Å²) in [5.41, 5.74) is 0.975. The average molecular weight is 459 g/mol. The van der Waals surface area contributed by atoms with E-state index in [1.54, 1.807) is 13.0 Å². The van der Waals surface area contributed by atoms with Crippen LogP contribution in [-0.4, -0.2) is 44.8 Å². The highest BCUT2D eigenvalue weighted by Crippen LogP contribution is 2.24. The molecule has 1 atom stereocenters. The zero-order chi connectivity index (χ0) is 21.9. The fourth-order valence-electron chi connectivity index (χ4n) is 2.27. The lowest BCUT2D eigenvalue weighted by atomic mass is 10.2. The molecule has 0 radical (unpaired) electrons. The van der Waals surface area contributed by atoms with Gasteiger partial charge in [-0.15, -0.1) is 0 Å². The Balaban J connectivity index is 2.17. The molecule has 2 aromatic rings. The van der Waals surface area contributed by atoms with Crippen molar-refractivity contribution in [1.82, 2.24) is 4.31 Å². The van der Waals surface area contributed by atoms with E-state index in [-0.39, 0.29) is 15.5 Å². The number of hydrogen-bond donors (Lipinski definition) is 1. The minimum absolute atomic E-state index is 0.0266. The van der Waals surface area contributed by atoms with E-state index in [4.69, 9.17) is 27.9 Å². The van der Waals surface area contributed by atoms with Crippen molar-refractivity contribution >= 4 is 50.8 Å².